The number of halogens is 3. The Bertz CT molecular complexity index is 902. The molecule has 0 spiro atoms. The lowest BCUT2D eigenvalue weighted by molar-refractivity contribution is 0.475. The van der Waals surface area contributed by atoms with Crippen molar-refractivity contribution in [1.29, 1.82) is 0 Å². The number of phenolic OH excluding ortho intramolecular Hbond substituents is 1. The summed E-state index contributed by atoms with van der Waals surface area (Å²) in [4.78, 5) is 2.15. The maximum absolute atomic E-state index is 9.50. The molecule has 0 aliphatic rings. The van der Waals surface area contributed by atoms with Crippen molar-refractivity contribution >= 4 is 52.3 Å². The number of hydrogen-bond acceptors (Lipinski definition) is 3. The fourth-order valence-corrected chi connectivity index (χ4v) is 3.76. The van der Waals surface area contributed by atoms with Crippen molar-refractivity contribution in [2.75, 3.05) is 5.32 Å². The number of nitrogens with one attached hydrogen (secondary N) is 1. The summed E-state index contributed by atoms with van der Waals surface area (Å²) in [6, 6.07) is 18.8. The molecule has 0 heterocycles. The SMILES string of the molecule is Oc1ccc(NCc2ccccc2Sc2ccc(Cl)c(Cl)c2)cc1Cl. The van der Waals surface area contributed by atoms with E-state index in [-0.39, 0.29) is 5.75 Å². The molecule has 0 bridgehead atoms. The van der Waals surface area contributed by atoms with Crippen LogP contribution in [0.2, 0.25) is 15.1 Å². The van der Waals surface area contributed by atoms with E-state index in [1.54, 1.807) is 36.0 Å². The Morgan fingerprint density at radius 3 is 2.40 bits per heavy atom. The van der Waals surface area contributed by atoms with Gasteiger partial charge >= 0.3 is 0 Å². The Kier molecular flexibility index (Phi) is 6.02. The molecule has 0 aliphatic heterocycles. The van der Waals surface area contributed by atoms with Crippen LogP contribution in [-0.4, -0.2) is 5.11 Å². The predicted octanol–water partition coefficient (Wildman–Crippen LogP) is 7.12. The molecule has 0 amide bonds. The lowest BCUT2D eigenvalue weighted by Crippen LogP contribution is -2.00. The van der Waals surface area contributed by atoms with Crippen LogP contribution in [0.4, 0.5) is 5.69 Å². The first-order valence-electron chi connectivity index (χ1n) is 7.46. The van der Waals surface area contributed by atoms with Crippen LogP contribution in [0.1, 0.15) is 5.56 Å². The number of hydrogen-bond donors (Lipinski definition) is 2. The summed E-state index contributed by atoms with van der Waals surface area (Å²) in [5.41, 5.74) is 1.99. The minimum Gasteiger partial charge on any atom is -0.506 e. The zero-order valence-corrected chi connectivity index (χ0v) is 16.1. The normalized spacial score (nSPS) is 10.7. The quantitative estimate of drug-likeness (QED) is 0.439. The Balaban J connectivity index is 1.76. The van der Waals surface area contributed by atoms with Gasteiger partial charge in [-0.3, -0.25) is 0 Å². The van der Waals surface area contributed by atoms with Gasteiger partial charge in [-0.15, -0.1) is 0 Å². The minimum absolute atomic E-state index is 0.0720. The number of aromatic hydroxyl groups is 1. The second-order valence-electron chi connectivity index (χ2n) is 5.31. The van der Waals surface area contributed by atoms with Crippen molar-refractivity contribution in [2.24, 2.45) is 0 Å². The zero-order valence-electron chi connectivity index (χ0n) is 13.0. The van der Waals surface area contributed by atoms with Crippen LogP contribution in [0.5, 0.6) is 5.75 Å². The van der Waals surface area contributed by atoms with Crippen LogP contribution in [0.25, 0.3) is 0 Å². The van der Waals surface area contributed by atoms with E-state index in [1.807, 2.05) is 24.3 Å². The maximum Gasteiger partial charge on any atom is 0.134 e. The molecule has 0 fully saturated rings. The van der Waals surface area contributed by atoms with Gasteiger partial charge in [0.15, 0.2) is 0 Å². The third kappa shape index (κ3) is 4.77. The highest BCUT2D eigenvalue weighted by atomic mass is 35.5. The molecule has 2 N–H and O–H groups in total. The van der Waals surface area contributed by atoms with Gasteiger partial charge in [-0.05, 0) is 48.0 Å². The average Bonchev–Trinajstić information content (AvgIpc) is 2.60. The zero-order chi connectivity index (χ0) is 17.8. The van der Waals surface area contributed by atoms with Crippen LogP contribution in [0, 0.1) is 0 Å². The molecule has 6 heteroatoms. The van der Waals surface area contributed by atoms with Crippen molar-refractivity contribution in [3.05, 3.63) is 81.3 Å². The molecule has 2 nitrogen and oxygen atoms in total. The van der Waals surface area contributed by atoms with Crippen LogP contribution in [-0.2, 0) is 6.54 Å². The summed E-state index contributed by atoms with van der Waals surface area (Å²) in [7, 11) is 0. The summed E-state index contributed by atoms with van der Waals surface area (Å²) >= 11 is 19.6. The first-order chi connectivity index (χ1) is 12.0. The van der Waals surface area contributed by atoms with Crippen LogP contribution >= 0.6 is 46.6 Å². The molecule has 0 atom stereocenters. The van der Waals surface area contributed by atoms with Gasteiger partial charge in [0.1, 0.15) is 5.75 Å². The number of rotatable bonds is 5. The molecule has 0 aliphatic carbocycles. The standard InChI is InChI=1S/C19H14Cl3NOS/c20-15-7-6-14(10-16(15)21)25-19-4-2-1-3-12(19)11-23-13-5-8-18(24)17(22)9-13/h1-10,23-24H,11H2. The Morgan fingerprint density at radius 1 is 0.840 bits per heavy atom. The molecule has 3 aromatic rings. The number of phenols is 1. The third-order valence-corrected chi connectivity index (χ3v) is 5.67. The van der Waals surface area contributed by atoms with Gasteiger partial charge in [0.2, 0.25) is 0 Å². The van der Waals surface area contributed by atoms with Crippen molar-refractivity contribution in [1.82, 2.24) is 0 Å². The average molecular weight is 411 g/mol. The molecule has 25 heavy (non-hydrogen) atoms. The smallest absolute Gasteiger partial charge is 0.134 e. The van der Waals surface area contributed by atoms with E-state index in [0.717, 1.165) is 21.0 Å². The van der Waals surface area contributed by atoms with E-state index in [2.05, 4.69) is 17.4 Å². The second kappa shape index (κ2) is 8.24. The van der Waals surface area contributed by atoms with Gasteiger partial charge in [0.05, 0.1) is 15.1 Å². The van der Waals surface area contributed by atoms with Gasteiger partial charge in [-0.2, -0.15) is 0 Å². The van der Waals surface area contributed by atoms with Crippen molar-refractivity contribution in [3.8, 4) is 5.75 Å². The lowest BCUT2D eigenvalue weighted by Gasteiger charge is -2.12. The monoisotopic (exact) mass is 409 g/mol. The van der Waals surface area contributed by atoms with E-state index in [4.69, 9.17) is 34.8 Å². The predicted molar refractivity (Wildman–Crippen MR) is 107 cm³/mol. The first kappa shape index (κ1) is 18.3. The van der Waals surface area contributed by atoms with Crippen molar-refractivity contribution < 1.29 is 5.11 Å². The van der Waals surface area contributed by atoms with Gasteiger partial charge in [0.25, 0.3) is 0 Å². The molecular formula is C19H14Cl3NOS. The van der Waals surface area contributed by atoms with E-state index in [0.29, 0.717) is 21.6 Å². The van der Waals surface area contributed by atoms with Crippen LogP contribution in [0.15, 0.2) is 70.5 Å². The number of benzene rings is 3. The lowest BCUT2D eigenvalue weighted by atomic mass is 10.2. The summed E-state index contributed by atoms with van der Waals surface area (Å²) < 4.78 is 0. The van der Waals surface area contributed by atoms with Gasteiger partial charge in [0, 0.05) is 22.0 Å². The Labute approximate surface area is 165 Å². The second-order valence-corrected chi connectivity index (χ2v) is 7.64. The van der Waals surface area contributed by atoms with Gasteiger partial charge in [-0.1, -0.05) is 64.8 Å². The largest absolute Gasteiger partial charge is 0.506 e. The highest BCUT2D eigenvalue weighted by molar-refractivity contribution is 7.99. The van der Waals surface area contributed by atoms with Crippen molar-refractivity contribution in [2.45, 2.75) is 16.3 Å². The van der Waals surface area contributed by atoms with E-state index in [1.165, 1.54) is 0 Å². The highest BCUT2D eigenvalue weighted by Gasteiger charge is 2.07. The third-order valence-electron chi connectivity index (χ3n) is 3.52. The van der Waals surface area contributed by atoms with Gasteiger partial charge < -0.3 is 10.4 Å². The van der Waals surface area contributed by atoms with E-state index >= 15 is 0 Å². The topological polar surface area (TPSA) is 32.3 Å². The summed E-state index contributed by atoms with van der Waals surface area (Å²) in [5, 5.41) is 14.2. The summed E-state index contributed by atoms with van der Waals surface area (Å²) in [5.74, 6) is 0.0720. The molecule has 3 aromatic carbocycles. The van der Waals surface area contributed by atoms with E-state index < -0.39 is 0 Å². The van der Waals surface area contributed by atoms with Crippen molar-refractivity contribution in [3.63, 3.8) is 0 Å². The van der Waals surface area contributed by atoms with E-state index in [9.17, 15) is 5.11 Å². The van der Waals surface area contributed by atoms with Crippen LogP contribution < -0.4 is 5.32 Å². The first-order valence-corrected chi connectivity index (χ1v) is 9.41. The Morgan fingerprint density at radius 2 is 1.64 bits per heavy atom. The minimum atomic E-state index is 0.0720. The van der Waals surface area contributed by atoms with Gasteiger partial charge in [-0.25, -0.2) is 0 Å². The molecule has 128 valence electrons. The highest BCUT2D eigenvalue weighted by Crippen LogP contribution is 2.34. The summed E-state index contributed by atoms with van der Waals surface area (Å²) in [6.07, 6.45) is 0. The summed E-state index contributed by atoms with van der Waals surface area (Å²) in [6.45, 7) is 0.631. The molecule has 0 aromatic heterocycles. The maximum atomic E-state index is 9.50. The molecule has 0 radical (unpaired) electrons. The molecule has 3 rings (SSSR count). The Hall–Kier alpha value is -1.52. The fraction of sp³-hybridized carbons (Fsp3) is 0.0526. The molecular weight excluding hydrogens is 397 g/mol. The molecule has 0 saturated heterocycles. The van der Waals surface area contributed by atoms with Crippen LogP contribution in [0.3, 0.4) is 0 Å². The molecule has 0 unspecified atom stereocenters. The molecule has 0 saturated carbocycles. The number of anilines is 1. The fourth-order valence-electron chi connectivity index (χ4n) is 2.23.